The van der Waals surface area contributed by atoms with Gasteiger partial charge in [0, 0.05) is 19.6 Å². The van der Waals surface area contributed by atoms with Crippen molar-refractivity contribution in [3.63, 3.8) is 0 Å². The minimum absolute atomic E-state index is 0.0421. The maximum atomic E-state index is 12.4. The largest absolute Gasteiger partial charge is 0.382 e. The van der Waals surface area contributed by atoms with E-state index in [0.29, 0.717) is 28.6 Å². The van der Waals surface area contributed by atoms with Gasteiger partial charge in [0.1, 0.15) is 10.7 Å². The van der Waals surface area contributed by atoms with Gasteiger partial charge >= 0.3 is 0 Å². The summed E-state index contributed by atoms with van der Waals surface area (Å²) < 4.78 is 0. The number of nitrogens with zero attached hydrogens (tertiary/aromatic N) is 2. The molecule has 0 unspecified atom stereocenters. The standard InChI is InChI=1S/C14H22N4OS/c1-3-18(2)14-17-12(15)11(20-14)13(19)16-10(8-4-5-8)9-6-7-9/h8-10H,3-7,15H2,1-2H3,(H,16,19). The first-order valence-corrected chi connectivity index (χ1v) is 8.20. The lowest BCUT2D eigenvalue weighted by atomic mass is 10.1. The van der Waals surface area contributed by atoms with Gasteiger partial charge < -0.3 is 16.0 Å². The highest BCUT2D eigenvalue weighted by atomic mass is 32.1. The molecule has 20 heavy (non-hydrogen) atoms. The smallest absolute Gasteiger partial charge is 0.265 e. The van der Waals surface area contributed by atoms with Crippen molar-refractivity contribution >= 4 is 28.2 Å². The third-order valence-corrected chi connectivity index (χ3v) is 5.39. The van der Waals surface area contributed by atoms with Crippen molar-refractivity contribution in [2.45, 2.75) is 38.6 Å². The number of nitrogen functional groups attached to an aromatic ring is 1. The molecule has 0 aromatic carbocycles. The quantitative estimate of drug-likeness (QED) is 0.843. The van der Waals surface area contributed by atoms with Gasteiger partial charge in [0.05, 0.1) is 0 Å². The number of carbonyl (C=O) groups is 1. The Bertz CT molecular complexity index is 495. The van der Waals surface area contributed by atoms with E-state index in [-0.39, 0.29) is 5.91 Å². The molecule has 2 fully saturated rings. The molecular weight excluding hydrogens is 272 g/mol. The summed E-state index contributed by atoms with van der Waals surface area (Å²) in [4.78, 5) is 19.3. The fourth-order valence-electron chi connectivity index (χ4n) is 2.53. The molecule has 0 bridgehead atoms. The fourth-order valence-corrected chi connectivity index (χ4v) is 3.44. The van der Waals surface area contributed by atoms with Gasteiger partial charge in [-0.1, -0.05) is 11.3 Å². The molecule has 3 rings (SSSR count). The summed E-state index contributed by atoms with van der Waals surface area (Å²) in [5, 5.41) is 4.01. The SMILES string of the molecule is CCN(C)c1nc(N)c(C(=O)NC(C2CC2)C2CC2)s1. The molecule has 0 spiro atoms. The van der Waals surface area contributed by atoms with Crippen LogP contribution in [-0.4, -0.2) is 30.5 Å². The van der Waals surface area contributed by atoms with E-state index in [1.165, 1.54) is 37.0 Å². The van der Waals surface area contributed by atoms with Crippen molar-refractivity contribution in [2.75, 3.05) is 24.2 Å². The molecule has 1 aromatic rings. The van der Waals surface area contributed by atoms with Crippen molar-refractivity contribution in [3.8, 4) is 0 Å². The summed E-state index contributed by atoms with van der Waals surface area (Å²) in [5.74, 6) is 1.70. The summed E-state index contributed by atoms with van der Waals surface area (Å²) in [6, 6.07) is 0.358. The topological polar surface area (TPSA) is 71.2 Å². The number of nitrogens with two attached hydrogens (primary N) is 1. The Morgan fingerprint density at radius 2 is 2.05 bits per heavy atom. The monoisotopic (exact) mass is 294 g/mol. The van der Waals surface area contributed by atoms with Crippen molar-refractivity contribution in [1.82, 2.24) is 10.3 Å². The zero-order valence-electron chi connectivity index (χ0n) is 12.1. The number of hydrogen-bond acceptors (Lipinski definition) is 5. The number of rotatable bonds is 6. The van der Waals surface area contributed by atoms with E-state index < -0.39 is 0 Å². The van der Waals surface area contributed by atoms with E-state index in [4.69, 9.17) is 5.73 Å². The molecule has 1 heterocycles. The van der Waals surface area contributed by atoms with Crippen LogP contribution in [0.2, 0.25) is 0 Å². The number of amides is 1. The van der Waals surface area contributed by atoms with E-state index in [9.17, 15) is 4.79 Å². The molecule has 1 aromatic heterocycles. The van der Waals surface area contributed by atoms with Gasteiger partial charge in [0.2, 0.25) is 0 Å². The molecule has 1 amide bonds. The lowest BCUT2D eigenvalue weighted by Gasteiger charge is -2.17. The molecule has 0 radical (unpaired) electrons. The summed E-state index contributed by atoms with van der Waals surface area (Å²) in [6.45, 7) is 2.90. The van der Waals surface area contributed by atoms with Crippen LogP contribution in [0.15, 0.2) is 0 Å². The molecule has 3 N–H and O–H groups in total. The van der Waals surface area contributed by atoms with E-state index in [0.717, 1.165) is 11.7 Å². The molecule has 6 heteroatoms. The van der Waals surface area contributed by atoms with Crippen LogP contribution in [0.5, 0.6) is 0 Å². The maximum Gasteiger partial charge on any atom is 0.265 e. The number of nitrogens with one attached hydrogen (secondary N) is 1. The van der Waals surface area contributed by atoms with Crippen molar-refractivity contribution < 1.29 is 4.79 Å². The van der Waals surface area contributed by atoms with Crippen LogP contribution in [-0.2, 0) is 0 Å². The summed E-state index contributed by atoms with van der Waals surface area (Å²) >= 11 is 1.38. The first-order chi connectivity index (χ1) is 9.60. The fraction of sp³-hybridized carbons (Fsp3) is 0.714. The molecule has 0 saturated heterocycles. The van der Waals surface area contributed by atoms with Crippen LogP contribution in [0.1, 0.15) is 42.3 Å². The van der Waals surface area contributed by atoms with Crippen LogP contribution < -0.4 is 16.0 Å². The Hall–Kier alpha value is -1.30. The van der Waals surface area contributed by atoms with Gasteiger partial charge in [0.25, 0.3) is 5.91 Å². The van der Waals surface area contributed by atoms with Gasteiger partial charge in [-0.2, -0.15) is 0 Å². The highest BCUT2D eigenvalue weighted by Gasteiger charge is 2.42. The van der Waals surface area contributed by atoms with Crippen LogP contribution in [0.25, 0.3) is 0 Å². The normalized spacial score (nSPS) is 18.4. The number of carbonyl (C=O) groups excluding carboxylic acids is 1. The summed E-state index contributed by atoms with van der Waals surface area (Å²) in [6.07, 6.45) is 5.01. The van der Waals surface area contributed by atoms with Gasteiger partial charge in [-0.3, -0.25) is 4.79 Å². The Labute approximate surface area is 123 Å². The average molecular weight is 294 g/mol. The summed E-state index contributed by atoms with van der Waals surface area (Å²) in [5.41, 5.74) is 5.91. The predicted molar refractivity (Wildman–Crippen MR) is 82.2 cm³/mol. The van der Waals surface area contributed by atoms with Crippen molar-refractivity contribution in [1.29, 1.82) is 0 Å². The minimum Gasteiger partial charge on any atom is -0.382 e. The minimum atomic E-state index is -0.0421. The second-order valence-electron chi connectivity index (χ2n) is 5.90. The van der Waals surface area contributed by atoms with E-state index in [2.05, 4.69) is 10.3 Å². The van der Waals surface area contributed by atoms with Gasteiger partial charge in [-0.15, -0.1) is 0 Å². The molecule has 0 aliphatic heterocycles. The highest BCUT2D eigenvalue weighted by Crippen LogP contribution is 2.44. The van der Waals surface area contributed by atoms with Gasteiger partial charge in [-0.25, -0.2) is 4.98 Å². The first kappa shape index (κ1) is 13.7. The van der Waals surface area contributed by atoms with Gasteiger partial charge in [0.15, 0.2) is 5.13 Å². The lowest BCUT2D eigenvalue weighted by molar-refractivity contribution is 0.0931. The molecule has 0 atom stereocenters. The second-order valence-corrected chi connectivity index (χ2v) is 6.88. The molecule has 2 saturated carbocycles. The van der Waals surface area contributed by atoms with Crippen molar-refractivity contribution in [3.05, 3.63) is 4.88 Å². The number of hydrogen-bond donors (Lipinski definition) is 2. The third kappa shape index (κ3) is 2.75. The number of aromatic nitrogens is 1. The third-order valence-electron chi connectivity index (χ3n) is 4.21. The van der Waals surface area contributed by atoms with Crippen molar-refractivity contribution in [2.24, 2.45) is 11.8 Å². The molecular formula is C14H22N4OS. The average Bonchev–Trinajstić information content (AvgIpc) is 3.33. The molecule has 2 aliphatic carbocycles. The zero-order valence-corrected chi connectivity index (χ0v) is 12.9. The lowest BCUT2D eigenvalue weighted by Crippen LogP contribution is -2.38. The maximum absolute atomic E-state index is 12.4. The van der Waals surface area contributed by atoms with E-state index in [1.807, 2.05) is 18.9 Å². The first-order valence-electron chi connectivity index (χ1n) is 7.38. The predicted octanol–water partition coefficient (Wildman–Crippen LogP) is 2.10. The second kappa shape index (κ2) is 5.24. The van der Waals surface area contributed by atoms with Crippen LogP contribution in [0, 0.1) is 11.8 Å². The highest BCUT2D eigenvalue weighted by molar-refractivity contribution is 7.18. The van der Waals surface area contributed by atoms with Crippen LogP contribution in [0.3, 0.4) is 0 Å². The van der Waals surface area contributed by atoms with Crippen LogP contribution >= 0.6 is 11.3 Å². The van der Waals surface area contributed by atoms with Gasteiger partial charge in [-0.05, 0) is 44.4 Å². The molecule has 110 valence electrons. The molecule has 5 nitrogen and oxygen atoms in total. The Morgan fingerprint density at radius 3 is 2.55 bits per heavy atom. The zero-order chi connectivity index (χ0) is 14.3. The van der Waals surface area contributed by atoms with E-state index in [1.54, 1.807) is 0 Å². The van der Waals surface area contributed by atoms with E-state index >= 15 is 0 Å². The Kier molecular flexibility index (Phi) is 3.58. The molecule has 2 aliphatic rings. The summed E-state index contributed by atoms with van der Waals surface area (Å²) in [7, 11) is 1.96. The number of anilines is 2. The van der Waals surface area contributed by atoms with Crippen LogP contribution in [0.4, 0.5) is 10.9 Å². The number of thiazole rings is 1. The Morgan fingerprint density at radius 1 is 1.45 bits per heavy atom. The Balaban J connectivity index is 1.71.